The molecule has 2 aromatic heterocycles. The molecule has 0 unspecified atom stereocenters. The van der Waals surface area contributed by atoms with Crippen LogP contribution in [-0.2, 0) is 12.0 Å². The number of aromatic nitrogens is 1. The summed E-state index contributed by atoms with van der Waals surface area (Å²) < 4.78 is 0. The van der Waals surface area contributed by atoms with Crippen LogP contribution in [0.15, 0.2) is 17.5 Å². The largest absolute Gasteiger partial charge is 0.385 e. The zero-order valence-electron chi connectivity index (χ0n) is 10.4. The predicted molar refractivity (Wildman–Crippen MR) is 74.7 cm³/mol. The molecule has 0 atom stereocenters. The van der Waals surface area contributed by atoms with Crippen LogP contribution in [0.3, 0.4) is 0 Å². The van der Waals surface area contributed by atoms with E-state index in [1.165, 1.54) is 4.88 Å². The minimum absolute atomic E-state index is 0.794. The van der Waals surface area contributed by atoms with Crippen molar-refractivity contribution in [2.75, 3.05) is 0 Å². The molecule has 0 aliphatic rings. The number of nitrogens with zero attached hydrogens (tertiary/aromatic N) is 1. The number of aryl methyl sites for hydroxylation is 1. The van der Waals surface area contributed by atoms with Gasteiger partial charge in [0.2, 0.25) is 0 Å². The van der Waals surface area contributed by atoms with Crippen LogP contribution in [0.2, 0.25) is 0 Å². The summed E-state index contributed by atoms with van der Waals surface area (Å²) in [5.41, 5.74) is 0.255. The number of rotatable bonds is 4. The molecule has 0 fully saturated rings. The molecular weight excluding hydrogens is 250 g/mol. The van der Waals surface area contributed by atoms with Gasteiger partial charge in [-0.2, -0.15) is 0 Å². The van der Waals surface area contributed by atoms with Crippen LogP contribution < -0.4 is 0 Å². The predicted octanol–water partition coefficient (Wildman–Crippen LogP) is 4.05. The lowest BCUT2D eigenvalue weighted by Crippen LogP contribution is -2.15. The summed E-state index contributed by atoms with van der Waals surface area (Å²) in [6.45, 7) is 5.80. The van der Waals surface area contributed by atoms with E-state index in [-0.39, 0.29) is 0 Å². The lowest BCUT2D eigenvalue weighted by molar-refractivity contribution is 0.0813. The molecule has 17 heavy (non-hydrogen) atoms. The van der Waals surface area contributed by atoms with Crippen LogP contribution in [0.1, 0.15) is 37.8 Å². The summed E-state index contributed by atoms with van der Waals surface area (Å²) >= 11 is 3.31. The first kappa shape index (κ1) is 12.7. The molecule has 0 aliphatic heterocycles. The first-order valence-corrected chi connectivity index (χ1v) is 7.48. The van der Waals surface area contributed by atoms with Crippen molar-refractivity contribution in [1.29, 1.82) is 0 Å². The van der Waals surface area contributed by atoms with Crippen LogP contribution in [0.25, 0.3) is 9.88 Å². The lowest BCUT2D eigenvalue weighted by Gasteiger charge is -2.16. The minimum atomic E-state index is -0.794. The average molecular weight is 267 g/mol. The molecule has 0 saturated heterocycles. The fourth-order valence-electron chi connectivity index (χ4n) is 1.74. The van der Waals surface area contributed by atoms with E-state index < -0.39 is 5.60 Å². The Balaban J connectivity index is 2.45. The Kier molecular flexibility index (Phi) is 3.66. The molecule has 2 heterocycles. The molecule has 0 aromatic carbocycles. The van der Waals surface area contributed by atoms with Crippen LogP contribution >= 0.6 is 22.7 Å². The van der Waals surface area contributed by atoms with Crippen LogP contribution in [0.5, 0.6) is 0 Å². The zero-order chi connectivity index (χ0) is 12.5. The highest BCUT2D eigenvalue weighted by atomic mass is 32.1. The van der Waals surface area contributed by atoms with Gasteiger partial charge >= 0.3 is 0 Å². The smallest absolute Gasteiger partial charge is 0.133 e. The van der Waals surface area contributed by atoms with Gasteiger partial charge in [-0.25, -0.2) is 4.98 Å². The van der Waals surface area contributed by atoms with Gasteiger partial charge in [-0.05, 0) is 31.7 Å². The molecule has 92 valence electrons. The number of aliphatic hydroxyl groups is 1. The Bertz CT molecular complexity index is 480. The first-order chi connectivity index (χ1) is 8.02. The van der Waals surface area contributed by atoms with Crippen molar-refractivity contribution in [3.05, 3.63) is 28.1 Å². The number of thiazole rings is 1. The summed E-state index contributed by atoms with van der Waals surface area (Å²) in [7, 11) is 0. The van der Waals surface area contributed by atoms with Gasteiger partial charge in [0.25, 0.3) is 0 Å². The monoisotopic (exact) mass is 267 g/mol. The van der Waals surface area contributed by atoms with Crippen molar-refractivity contribution in [3.63, 3.8) is 0 Å². The highest BCUT2D eigenvalue weighted by molar-refractivity contribution is 7.21. The van der Waals surface area contributed by atoms with Crippen molar-refractivity contribution in [1.82, 2.24) is 4.98 Å². The van der Waals surface area contributed by atoms with Crippen molar-refractivity contribution in [2.45, 2.75) is 39.2 Å². The highest BCUT2D eigenvalue weighted by Gasteiger charge is 2.24. The van der Waals surface area contributed by atoms with E-state index >= 15 is 0 Å². The van der Waals surface area contributed by atoms with E-state index in [0.29, 0.717) is 0 Å². The summed E-state index contributed by atoms with van der Waals surface area (Å²) in [5.74, 6) is 0. The molecule has 0 spiro atoms. The third-order valence-corrected chi connectivity index (χ3v) is 4.92. The summed E-state index contributed by atoms with van der Waals surface area (Å²) in [4.78, 5) is 6.86. The molecule has 0 radical (unpaired) electrons. The van der Waals surface area contributed by atoms with E-state index in [0.717, 1.165) is 28.4 Å². The molecule has 2 nitrogen and oxygen atoms in total. The maximum absolute atomic E-state index is 10.2. The summed E-state index contributed by atoms with van der Waals surface area (Å²) in [5, 5.41) is 13.3. The van der Waals surface area contributed by atoms with Gasteiger partial charge in [-0.15, -0.1) is 22.7 Å². The van der Waals surface area contributed by atoms with Crippen molar-refractivity contribution < 1.29 is 5.11 Å². The molecule has 2 aromatic rings. The van der Waals surface area contributed by atoms with Gasteiger partial charge in [-0.1, -0.05) is 19.4 Å². The Morgan fingerprint density at radius 1 is 1.41 bits per heavy atom. The van der Waals surface area contributed by atoms with Crippen LogP contribution in [0.4, 0.5) is 0 Å². The minimum Gasteiger partial charge on any atom is -0.385 e. The van der Waals surface area contributed by atoms with Gasteiger partial charge in [-0.3, -0.25) is 0 Å². The third-order valence-electron chi connectivity index (χ3n) is 2.47. The quantitative estimate of drug-likeness (QED) is 0.906. The Morgan fingerprint density at radius 3 is 2.71 bits per heavy atom. The molecule has 0 amide bonds. The second-order valence-electron chi connectivity index (χ2n) is 4.58. The Labute approximate surface area is 110 Å². The molecular formula is C13H17NOS2. The van der Waals surface area contributed by atoms with Crippen LogP contribution in [-0.4, -0.2) is 10.1 Å². The van der Waals surface area contributed by atoms with Gasteiger partial charge in [0.15, 0.2) is 0 Å². The standard InChI is InChI=1S/C13H17NOS2/c1-4-6-9-11(13(2,3)15)17-12(14-9)10-7-5-8-16-10/h5,7-8,15H,4,6H2,1-3H3. The van der Waals surface area contributed by atoms with Gasteiger partial charge < -0.3 is 5.11 Å². The van der Waals surface area contributed by atoms with E-state index in [1.54, 1.807) is 22.7 Å². The van der Waals surface area contributed by atoms with E-state index in [1.807, 2.05) is 19.9 Å². The van der Waals surface area contributed by atoms with Gasteiger partial charge in [0.05, 0.1) is 21.0 Å². The highest BCUT2D eigenvalue weighted by Crippen LogP contribution is 2.36. The number of hydrogen-bond acceptors (Lipinski definition) is 4. The first-order valence-electron chi connectivity index (χ1n) is 5.78. The summed E-state index contributed by atoms with van der Waals surface area (Å²) in [6.07, 6.45) is 1.98. The van der Waals surface area contributed by atoms with Crippen LogP contribution in [0, 0.1) is 0 Å². The number of hydrogen-bond donors (Lipinski definition) is 1. The van der Waals surface area contributed by atoms with Crippen molar-refractivity contribution in [3.8, 4) is 9.88 Å². The topological polar surface area (TPSA) is 33.1 Å². The van der Waals surface area contributed by atoms with Gasteiger partial charge in [0.1, 0.15) is 5.01 Å². The van der Waals surface area contributed by atoms with E-state index in [2.05, 4.69) is 23.4 Å². The second kappa shape index (κ2) is 4.88. The molecule has 2 rings (SSSR count). The third kappa shape index (κ3) is 2.76. The van der Waals surface area contributed by atoms with Crippen molar-refractivity contribution >= 4 is 22.7 Å². The maximum atomic E-state index is 10.2. The SMILES string of the molecule is CCCc1nc(-c2cccs2)sc1C(C)(C)O. The molecule has 4 heteroatoms. The molecule has 0 bridgehead atoms. The molecule has 1 N–H and O–H groups in total. The van der Waals surface area contributed by atoms with Crippen molar-refractivity contribution in [2.24, 2.45) is 0 Å². The maximum Gasteiger partial charge on any atom is 0.133 e. The number of thiophene rings is 1. The fraction of sp³-hybridized carbons (Fsp3) is 0.462. The molecule has 0 saturated carbocycles. The lowest BCUT2D eigenvalue weighted by atomic mass is 10.0. The average Bonchev–Trinajstić information content (AvgIpc) is 2.82. The zero-order valence-corrected chi connectivity index (χ0v) is 12.0. The molecule has 0 aliphatic carbocycles. The second-order valence-corrected chi connectivity index (χ2v) is 6.53. The van der Waals surface area contributed by atoms with Gasteiger partial charge in [0, 0.05) is 0 Å². The normalized spacial score (nSPS) is 12.0. The Hall–Kier alpha value is -0.710. The Morgan fingerprint density at radius 2 is 2.18 bits per heavy atom. The van der Waals surface area contributed by atoms with E-state index in [9.17, 15) is 5.11 Å². The summed E-state index contributed by atoms with van der Waals surface area (Å²) in [6, 6.07) is 4.11. The fourth-order valence-corrected chi connectivity index (χ4v) is 3.65. The van der Waals surface area contributed by atoms with E-state index in [4.69, 9.17) is 0 Å².